The molecule has 0 N–H and O–H groups in total. The van der Waals surface area contributed by atoms with Gasteiger partial charge in [0.05, 0.1) is 0 Å². The van der Waals surface area contributed by atoms with Crippen molar-refractivity contribution in [3.05, 3.63) is 70.5 Å². The number of aryl methyl sites for hydroxylation is 2. The van der Waals surface area contributed by atoms with Crippen LogP contribution < -0.4 is 0 Å². The Kier molecular flexibility index (Phi) is 4.18. The van der Waals surface area contributed by atoms with Crippen LogP contribution in [0.3, 0.4) is 0 Å². The first-order chi connectivity index (χ1) is 9.45. The molecule has 104 valence electrons. The van der Waals surface area contributed by atoms with Crippen molar-refractivity contribution in [2.75, 3.05) is 7.05 Å². The molecular weight excluding hydrogens is 253 g/mol. The van der Waals surface area contributed by atoms with Crippen molar-refractivity contribution in [3.63, 3.8) is 0 Å². The molecule has 0 unspecified atom stereocenters. The van der Waals surface area contributed by atoms with Crippen LogP contribution in [-0.4, -0.2) is 17.9 Å². The molecule has 0 saturated carbocycles. The highest BCUT2D eigenvalue weighted by Crippen LogP contribution is 2.13. The molecule has 0 radical (unpaired) electrons. The van der Waals surface area contributed by atoms with Crippen LogP contribution in [0.5, 0.6) is 0 Å². The third-order valence-corrected chi connectivity index (χ3v) is 3.15. The van der Waals surface area contributed by atoms with Crippen molar-refractivity contribution in [2.24, 2.45) is 0 Å². The van der Waals surface area contributed by atoms with Gasteiger partial charge in [-0.2, -0.15) is 0 Å². The largest absolute Gasteiger partial charge is 0.337 e. The Labute approximate surface area is 118 Å². The number of rotatable bonds is 3. The summed E-state index contributed by atoms with van der Waals surface area (Å²) >= 11 is 0. The summed E-state index contributed by atoms with van der Waals surface area (Å²) in [6.45, 7) is 4.42. The second-order valence-electron chi connectivity index (χ2n) is 5.16. The Morgan fingerprint density at radius 2 is 1.60 bits per heavy atom. The molecule has 0 aliphatic carbocycles. The van der Waals surface area contributed by atoms with Crippen molar-refractivity contribution in [1.29, 1.82) is 0 Å². The van der Waals surface area contributed by atoms with Gasteiger partial charge in [0.2, 0.25) is 0 Å². The van der Waals surface area contributed by atoms with Crippen LogP contribution in [0.1, 0.15) is 27.0 Å². The van der Waals surface area contributed by atoms with Crippen LogP contribution in [0.15, 0.2) is 42.5 Å². The molecule has 0 aliphatic heterocycles. The highest BCUT2D eigenvalue weighted by Gasteiger charge is 2.12. The molecule has 0 saturated heterocycles. The van der Waals surface area contributed by atoms with Crippen LogP contribution >= 0.6 is 0 Å². The van der Waals surface area contributed by atoms with Gasteiger partial charge < -0.3 is 4.90 Å². The second-order valence-corrected chi connectivity index (χ2v) is 5.16. The lowest BCUT2D eigenvalue weighted by atomic mass is 10.1. The average molecular weight is 271 g/mol. The first-order valence-corrected chi connectivity index (χ1v) is 6.54. The predicted octanol–water partition coefficient (Wildman–Crippen LogP) is 3.71. The number of carbonyl (C=O) groups is 1. The Morgan fingerprint density at radius 1 is 1.05 bits per heavy atom. The summed E-state index contributed by atoms with van der Waals surface area (Å²) in [5.41, 5.74) is 3.74. The van der Waals surface area contributed by atoms with E-state index in [-0.39, 0.29) is 11.7 Å². The fourth-order valence-electron chi connectivity index (χ4n) is 2.25. The summed E-state index contributed by atoms with van der Waals surface area (Å²) in [6.07, 6.45) is 0. The van der Waals surface area contributed by atoms with Crippen LogP contribution in [0.2, 0.25) is 0 Å². The van der Waals surface area contributed by atoms with E-state index in [4.69, 9.17) is 0 Å². The Hall–Kier alpha value is -2.16. The minimum Gasteiger partial charge on any atom is -0.337 e. The van der Waals surface area contributed by atoms with Gasteiger partial charge in [-0.25, -0.2) is 4.39 Å². The minimum atomic E-state index is -0.267. The first-order valence-electron chi connectivity index (χ1n) is 6.54. The quantitative estimate of drug-likeness (QED) is 0.833. The maximum Gasteiger partial charge on any atom is 0.253 e. The lowest BCUT2D eigenvalue weighted by molar-refractivity contribution is 0.0785. The normalized spacial score (nSPS) is 10.4. The smallest absolute Gasteiger partial charge is 0.253 e. The van der Waals surface area contributed by atoms with Gasteiger partial charge in [0.25, 0.3) is 5.91 Å². The molecule has 2 aromatic carbocycles. The minimum absolute atomic E-state index is 0.0267. The standard InChI is InChI=1S/C17H18FNO/c1-12-8-13(2)10-15(9-12)17(20)19(3)11-14-4-6-16(18)7-5-14/h4-10H,11H2,1-3H3. The Morgan fingerprint density at radius 3 is 2.15 bits per heavy atom. The molecule has 0 atom stereocenters. The van der Waals surface area contributed by atoms with Crippen LogP contribution in [0, 0.1) is 19.7 Å². The third-order valence-electron chi connectivity index (χ3n) is 3.15. The molecule has 3 heteroatoms. The number of nitrogens with zero attached hydrogens (tertiary/aromatic N) is 1. The van der Waals surface area contributed by atoms with Gasteiger partial charge in [-0.15, -0.1) is 0 Å². The fourth-order valence-corrected chi connectivity index (χ4v) is 2.25. The topological polar surface area (TPSA) is 20.3 Å². The van der Waals surface area contributed by atoms with E-state index >= 15 is 0 Å². The van der Waals surface area contributed by atoms with Crippen LogP contribution in [-0.2, 0) is 6.54 Å². The molecule has 0 fully saturated rings. The van der Waals surface area contributed by atoms with Gasteiger partial charge in [0.15, 0.2) is 0 Å². The van der Waals surface area contributed by atoms with Crippen molar-refractivity contribution in [2.45, 2.75) is 20.4 Å². The van der Waals surface area contributed by atoms with Crippen LogP contribution in [0.25, 0.3) is 0 Å². The maximum absolute atomic E-state index is 12.9. The van der Waals surface area contributed by atoms with Gasteiger partial charge in [-0.1, -0.05) is 29.3 Å². The monoisotopic (exact) mass is 271 g/mol. The van der Waals surface area contributed by atoms with Crippen molar-refractivity contribution in [3.8, 4) is 0 Å². The molecule has 0 heterocycles. The van der Waals surface area contributed by atoms with Crippen molar-refractivity contribution < 1.29 is 9.18 Å². The molecule has 2 nitrogen and oxygen atoms in total. The predicted molar refractivity (Wildman–Crippen MR) is 78.1 cm³/mol. The highest BCUT2D eigenvalue weighted by atomic mass is 19.1. The molecular formula is C17H18FNO. The van der Waals surface area contributed by atoms with E-state index in [0.29, 0.717) is 12.1 Å². The SMILES string of the molecule is Cc1cc(C)cc(C(=O)N(C)Cc2ccc(F)cc2)c1. The second kappa shape index (κ2) is 5.87. The number of amides is 1. The van der Waals surface area contributed by atoms with E-state index in [1.807, 2.05) is 32.0 Å². The van der Waals surface area contributed by atoms with Gasteiger partial charge in [0.1, 0.15) is 5.82 Å². The molecule has 1 amide bonds. The van der Waals surface area contributed by atoms with Crippen molar-refractivity contribution >= 4 is 5.91 Å². The molecule has 0 bridgehead atoms. The van der Waals surface area contributed by atoms with E-state index in [1.54, 1.807) is 24.1 Å². The van der Waals surface area contributed by atoms with E-state index < -0.39 is 0 Å². The molecule has 20 heavy (non-hydrogen) atoms. The van der Waals surface area contributed by atoms with E-state index in [1.165, 1.54) is 12.1 Å². The summed E-state index contributed by atoms with van der Waals surface area (Å²) in [6, 6.07) is 12.0. The lowest BCUT2D eigenvalue weighted by Crippen LogP contribution is -2.26. The van der Waals surface area contributed by atoms with Gasteiger partial charge in [-0.05, 0) is 43.7 Å². The Bertz CT molecular complexity index is 599. The molecule has 0 aliphatic rings. The summed E-state index contributed by atoms with van der Waals surface area (Å²) in [7, 11) is 1.75. The zero-order valence-corrected chi connectivity index (χ0v) is 12.0. The van der Waals surface area contributed by atoms with Gasteiger partial charge in [-0.3, -0.25) is 4.79 Å². The molecule has 2 aromatic rings. The van der Waals surface area contributed by atoms with Gasteiger partial charge >= 0.3 is 0 Å². The number of carbonyl (C=O) groups excluding carboxylic acids is 1. The van der Waals surface area contributed by atoms with E-state index in [9.17, 15) is 9.18 Å². The zero-order valence-electron chi connectivity index (χ0n) is 12.0. The van der Waals surface area contributed by atoms with Gasteiger partial charge in [0, 0.05) is 19.2 Å². The highest BCUT2D eigenvalue weighted by molar-refractivity contribution is 5.94. The van der Waals surface area contributed by atoms with Crippen molar-refractivity contribution in [1.82, 2.24) is 4.90 Å². The molecule has 0 aromatic heterocycles. The zero-order chi connectivity index (χ0) is 14.7. The summed E-state index contributed by atoms with van der Waals surface area (Å²) in [5, 5.41) is 0. The molecule has 2 rings (SSSR count). The number of halogens is 1. The Balaban J connectivity index is 2.14. The third kappa shape index (κ3) is 3.44. The summed E-state index contributed by atoms with van der Waals surface area (Å²) in [4.78, 5) is 14.0. The average Bonchev–Trinajstić information content (AvgIpc) is 2.39. The number of benzene rings is 2. The molecule has 0 spiro atoms. The van der Waals surface area contributed by atoms with Crippen LogP contribution in [0.4, 0.5) is 4.39 Å². The lowest BCUT2D eigenvalue weighted by Gasteiger charge is -2.18. The summed E-state index contributed by atoms with van der Waals surface area (Å²) in [5.74, 6) is -0.293. The number of hydrogen-bond donors (Lipinski definition) is 0. The summed E-state index contributed by atoms with van der Waals surface area (Å²) < 4.78 is 12.9. The first kappa shape index (κ1) is 14.3. The van der Waals surface area contributed by atoms with E-state index in [2.05, 4.69) is 0 Å². The maximum atomic E-state index is 12.9. The van der Waals surface area contributed by atoms with E-state index in [0.717, 1.165) is 16.7 Å². The fraction of sp³-hybridized carbons (Fsp3) is 0.235. The number of hydrogen-bond acceptors (Lipinski definition) is 1.